The molecule has 0 aliphatic carbocycles. The number of carbonyl (C=O) groups is 1. The van der Waals surface area contributed by atoms with Crippen molar-refractivity contribution >= 4 is 23.2 Å². The molecular formula is C27H28ClF2N3O2. The quantitative estimate of drug-likeness (QED) is 0.409. The molecule has 2 heterocycles. The normalized spacial score (nSPS) is 15.9. The maximum absolute atomic E-state index is 15.6. The van der Waals surface area contributed by atoms with Crippen molar-refractivity contribution in [3.63, 3.8) is 0 Å². The summed E-state index contributed by atoms with van der Waals surface area (Å²) in [7, 11) is 0. The molecule has 1 aromatic heterocycles. The Labute approximate surface area is 209 Å². The van der Waals surface area contributed by atoms with Crippen LogP contribution >= 0.6 is 11.6 Å². The summed E-state index contributed by atoms with van der Waals surface area (Å²) in [5, 5.41) is 0.0980. The molecule has 8 heteroatoms. The highest BCUT2D eigenvalue weighted by Gasteiger charge is 2.31. The van der Waals surface area contributed by atoms with Gasteiger partial charge in [0, 0.05) is 54.3 Å². The molecule has 2 aromatic carbocycles. The molecule has 184 valence electrons. The van der Waals surface area contributed by atoms with Gasteiger partial charge in [-0.15, -0.1) is 0 Å². The molecule has 1 aliphatic heterocycles. The zero-order valence-electron chi connectivity index (χ0n) is 20.0. The van der Waals surface area contributed by atoms with E-state index in [1.165, 1.54) is 12.1 Å². The van der Waals surface area contributed by atoms with Crippen LogP contribution in [-0.2, 0) is 0 Å². The summed E-state index contributed by atoms with van der Waals surface area (Å²) >= 11 is 6.12. The third-order valence-corrected chi connectivity index (χ3v) is 6.73. The highest BCUT2D eigenvalue weighted by Crippen LogP contribution is 2.36. The lowest BCUT2D eigenvalue weighted by atomic mass is 9.99. The third-order valence-electron chi connectivity index (χ3n) is 6.41. The van der Waals surface area contributed by atoms with Crippen LogP contribution in [0.5, 0.6) is 5.88 Å². The van der Waals surface area contributed by atoms with Gasteiger partial charge in [0.05, 0.1) is 17.2 Å². The molecule has 4 rings (SSSR count). The Balaban J connectivity index is 1.59. The number of amides is 1. The largest absolute Gasteiger partial charge is 0.478 e. The summed E-state index contributed by atoms with van der Waals surface area (Å²) in [4.78, 5) is 21.2. The average molecular weight is 500 g/mol. The maximum Gasteiger partial charge on any atom is 0.255 e. The molecule has 1 atom stereocenters. The van der Waals surface area contributed by atoms with Gasteiger partial charge in [-0.2, -0.15) is 0 Å². The fraction of sp³-hybridized carbons (Fsp3) is 0.333. The van der Waals surface area contributed by atoms with E-state index in [1.807, 2.05) is 19.9 Å². The number of carbonyl (C=O) groups excluding carboxylic acids is 1. The molecule has 0 bridgehead atoms. The molecule has 3 aromatic rings. The van der Waals surface area contributed by atoms with Crippen LogP contribution in [0.4, 0.5) is 14.5 Å². The molecule has 0 unspecified atom stereocenters. The van der Waals surface area contributed by atoms with Gasteiger partial charge in [0.1, 0.15) is 11.6 Å². The van der Waals surface area contributed by atoms with Gasteiger partial charge in [-0.3, -0.25) is 4.79 Å². The zero-order chi connectivity index (χ0) is 25.1. The molecular weight excluding hydrogens is 472 g/mol. The van der Waals surface area contributed by atoms with E-state index < -0.39 is 5.82 Å². The number of halogens is 3. The number of pyridine rings is 1. The van der Waals surface area contributed by atoms with Crippen LogP contribution in [0, 0.1) is 18.6 Å². The standard InChI is InChI=1S/C27H28ClF2N3O2/c1-4-19-16-32(27(34)22-9-8-18(29)15-23(22)28)13-14-33(19)24-11-10-20(25(30)17(24)3)21-7-6-12-31-26(21)35-5-2/h6-12,15,19H,4-5,13-14,16H2,1-3H3/t19-/m1/s1. The number of anilines is 1. The van der Waals surface area contributed by atoms with Gasteiger partial charge in [-0.05, 0) is 62.7 Å². The Hall–Kier alpha value is -3.19. The molecule has 1 aliphatic rings. The van der Waals surface area contributed by atoms with Crippen LogP contribution < -0.4 is 9.64 Å². The first-order valence-corrected chi connectivity index (χ1v) is 12.1. The molecule has 0 spiro atoms. The first-order chi connectivity index (χ1) is 16.8. The Kier molecular flexibility index (Phi) is 7.55. The summed E-state index contributed by atoms with van der Waals surface area (Å²) in [6.45, 7) is 7.56. The lowest BCUT2D eigenvalue weighted by Crippen LogP contribution is -2.55. The molecule has 5 nitrogen and oxygen atoms in total. The Morgan fingerprint density at radius 1 is 1.14 bits per heavy atom. The third kappa shape index (κ3) is 4.96. The maximum atomic E-state index is 15.6. The number of rotatable bonds is 6. The van der Waals surface area contributed by atoms with E-state index in [-0.39, 0.29) is 28.4 Å². The van der Waals surface area contributed by atoms with Gasteiger partial charge in [0.15, 0.2) is 0 Å². The van der Waals surface area contributed by atoms with Crippen molar-refractivity contribution in [3.05, 3.63) is 76.4 Å². The topological polar surface area (TPSA) is 45.7 Å². The molecule has 0 radical (unpaired) electrons. The van der Waals surface area contributed by atoms with E-state index in [1.54, 1.807) is 36.2 Å². The summed E-state index contributed by atoms with van der Waals surface area (Å²) < 4.78 is 34.7. The molecule has 1 saturated heterocycles. The minimum Gasteiger partial charge on any atom is -0.478 e. The molecule has 0 N–H and O–H groups in total. The smallest absolute Gasteiger partial charge is 0.255 e. The minimum atomic E-state index is -0.483. The van der Waals surface area contributed by atoms with Crippen LogP contribution in [0.3, 0.4) is 0 Å². The summed E-state index contributed by atoms with van der Waals surface area (Å²) in [6, 6.07) is 11.0. The molecule has 1 amide bonds. The zero-order valence-corrected chi connectivity index (χ0v) is 20.8. The number of nitrogens with zero attached hydrogens (tertiary/aromatic N) is 3. The van der Waals surface area contributed by atoms with E-state index >= 15 is 4.39 Å². The lowest BCUT2D eigenvalue weighted by Gasteiger charge is -2.43. The van der Waals surface area contributed by atoms with Crippen molar-refractivity contribution in [2.24, 2.45) is 0 Å². The van der Waals surface area contributed by atoms with Gasteiger partial charge in [-0.1, -0.05) is 18.5 Å². The van der Waals surface area contributed by atoms with Crippen molar-refractivity contribution in [2.45, 2.75) is 33.2 Å². The van der Waals surface area contributed by atoms with E-state index in [0.717, 1.165) is 18.2 Å². The van der Waals surface area contributed by atoms with Gasteiger partial charge in [-0.25, -0.2) is 13.8 Å². The van der Waals surface area contributed by atoms with E-state index in [9.17, 15) is 9.18 Å². The number of benzene rings is 2. The second-order valence-corrected chi connectivity index (χ2v) is 8.90. The summed E-state index contributed by atoms with van der Waals surface area (Å²) in [6.07, 6.45) is 2.39. The second-order valence-electron chi connectivity index (χ2n) is 8.49. The van der Waals surface area contributed by atoms with Gasteiger partial charge >= 0.3 is 0 Å². The van der Waals surface area contributed by atoms with Crippen LogP contribution in [0.1, 0.15) is 36.2 Å². The van der Waals surface area contributed by atoms with Gasteiger partial charge < -0.3 is 14.5 Å². The summed E-state index contributed by atoms with van der Waals surface area (Å²) in [5.41, 5.74) is 2.67. The number of piperazine rings is 1. The Morgan fingerprint density at radius 2 is 1.94 bits per heavy atom. The van der Waals surface area contributed by atoms with Crippen molar-refractivity contribution in [1.82, 2.24) is 9.88 Å². The molecule has 1 fully saturated rings. The Morgan fingerprint density at radius 3 is 2.66 bits per heavy atom. The number of ether oxygens (including phenoxy) is 1. The SMILES string of the molecule is CCOc1ncccc1-c1ccc(N2CCN(C(=O)c3ccc(F)cc3Cl)C[C@H]2CC)c(C)c1F. The highest BCUT2D eigenvalue weighted by molar-refractivity contribution is 6.33. The van der Waals surface area contributed by atoms with E-state index in [2.05, 4.69) is 9.88 Å². The van der Waals surface area contributed by atoms with Crippen LogP contribution in [-0.4, -0.2) is 48.1 Å². The van der Waals surface area contributed by atoms with Crippen molar-refractivity contribution in [2.75, 3.05) is 31.1 Å². The predicted molar refractivity (Wildman–Crippen MR) is 134 cm³/mol. The Bertz CT molecular complexity index is 1240. The molecule has 35 heavy (non-hydrogen) atoms. The van der Waals surface area contributed by atoms with Crippen LogP contribution in [0.15, 0.2) is 48.7 Å². The summed E-state index contributed by atoms with van der Waals surface area (Å²) in [5.74, 6) is -0.628. The highest BCUT2D eigenvalue weighted by atomic mass is 35.5. The lowest BCUT2D eigenvalue weighted by molar-refractivity contribution is 0.0721. The van der Waals surface area contributed by atoms with Crippen molar-refractivity contribution in [3.8, 4) is 17.0 Å². The van der Waals surface area contributed by atoms with Crippen LogP contribution in [0.25, 0.3) is 11.1 Å². The monoisotopic (exact) mass is 499 g/mol. The second kappa shape index (κ2) is 10.6. The first-order valence-electron chi connectivity index (χ1n) is 11.7. The van der Waals surface area contributed by atoms with Crippen molar-refractivity contribution in [1.29, 1.82) is 0 Å². The van der Waals surface area contributed by atoms with Crippen LogP contribution in [0.2, 0.25) is 5.02 Å². The van der Waals surface area contributed by atoms with Gasteiger partial charge in [0.25, 0.3) is 5.91 Å². The minimum absolute atomic E-state index is 0.00625. The number of aromatic nitrogens is 1. The molecule has 0 saturated carbocycles. The van der Waals surface area contributed by atoms with Crippen molar-refractivity contribution < 1.29 is 18.3 Å². The first kappa shape index (κ1) is 24.9. The number of hydrogen-bond donors (Lipinski definition) is 0. The predicted octanol–water partition coefficient (Wildman–Crippen LogP) is 6.13. The average Bonchev–Trinajstić information content (AvgIpc) is 2.86. The van der Waals surface area contributed by atoms with E-state index in [0.29, 0.717) is 48.8 Å². The fourth-order valence-electron chi connectivity index (χ4n) is 4.58. The fourth-order valence-corrected chi connectivity index (χ4v) is 4.83. The van der Waals surface area contributed by atoms with E-state index in [4.69, 9.17) is 16.3 Å². The number of hydrogen-bond acceptors (Lipinski definition) is 4. The van der Waals surface area contributed by atoms with Gasteiger partial charge in [0.2, 0.25) is 5.88 Å².